The molecule has 5 N–H and O–H groups in total. The van der Waals surface area contributed by atoms with Crippen molar-refractivity contribution >= 4 is 5.69 Å². The van der Waals surface area contributed by atoms with Gasteiger partial charge in [0.2, 0.25) is 0 Å². The van der Waals surface area contributed by atoms with E-state index in [9.17, 15) is 0 Å². The molecule has 1 fully saturated rings. The van der Waals surface area contributed by atoms with Gasteiger partial charge in [0.25, 0.3) is 0 Å². The maximum absolute atomic E-state index is 5.92. The minimum absolute atomic E-state index is 0.0107. The molecule has 8 nitrogen and oxygen atoms in total. The normalized spacial score (nSPS) is 21.6. The lowest BCUT2D eigenvalue weighted by Crippen LogP contribution is -2.61. The number of methoxy groups -OCH3 is 2. The van der Waals surface area contributed by atoms with E-state index in [1.54, 1.807) is 14.2 Å². The van der Waals surface area contributed by atoms with Crippen LogP contribution in [0.15, 0.2) is 18.2 Å². The summed E-state index contributed by atoms with van der Waals surface area (Å²) in [5, 5.41) is 16.6. The van der Waals surface area contributed by atoms with Crippen LogP contribution in [0.5, 0.6) is 11.5 Å². The van der Waals surface area contributed by atoms with Crippen LogP contribution in [-0.2, 0) is 4.74 Å². The molecule has 1 aromatic rings. The molecule has 142 valence electrons. The first-order valence-corrected chi connectivity index (χ1v) is 8.61. The Morgan fingerprint density at radius 2 is 2.08 bits per heavy atom. The molecular formula is C17H31N5O3. The standard InChI is InChI=1S/C17H31N5O3/c1-18-10-13(23-3)11-25-15-9-12(5-6-14(15)24-4)21-17-20-8-7-16(19-2)22-17/h5-6,9,13,16-22H,7-8,10-11H2,1-4H3/t13-,16?,17?/m1/s1. The zero-order valence-electron chi connectivity index (χ0n) is 15.5. The number of hydrogen-bond donors (Lipinski definition) is 5. The Morgan fingerprint density at radius 1 is 1.24 bits per heavy atom. The molecule has 8 heteroatoms. The number of likely N-dealkylation sites (N-methyl/N-ethyl adjacent to an activating group) is 1. The van der Waals surface area contributed by atoms with E-state index in [-0.39, 0.29) is 18.6 Å². The molecular weight excluding hydrogens is 322 g/mol. The number of hydrogen-bond acceptors (Lipinski definition) is 8. The summed E-state index contributed by atoms with van der Waals surface area (Å²) in [6, 6.07) is 5.81. The van der Waals surface area contributed by atoms with Gasteiger partial charge < -0.3 is 30.2 Å². The summed E-state index contributed by atoms with van der Waals surface area (Å²) < 4.78 is 16.7. The van der Waals surface area contributed by atoms with Crippen LogP contribution in [0.25, 0.3) is 0 Å². The lowest BCUT2D eigenvalue weighted by Gasteiger charge is -2.33. The average molecular weight is 353 g/mol. The predicted molar refractivity (Wildman–Crippen MR) is 99.2 cm³/mol. The Bertz CT molecular complexity index is 517. The summed E-state index contributed by atoms with van der Waals surface area (Å²) >= 11 is 0. The van der Waals surface area contributed by atoms with Crippen molar-refractivity contribution in [2.75, 3.05) is 53.3 Å². The predicted octanol–water partition coefficient (Wildman–Crippen LogP) is 0.132. The molecule has 0 aliphatic carbocycles. The van der Waals surface area contributed by atoms with E-state index in [1.807, 2.05) is 32.3 Å². The summed E-state index contributed by atoms with van der Waals surface area (Å²) in [7, 11) is 7.16. The van der Waals surface area contributed by atoms with Crippen molar-refractivity contribution in [3.63, 3.8) is 0 Å². The molecule has 25 heavy (non-hydrogen) atoms. The van der Waals surface area contributed by atoms with Crippen LogP contribution in [-0.4, -0.2) is 66.6 Å². The summed E-state index contributed by atoms with van der Waals surface area (Å²) in [4.78, 5) is 0. The minimum atomic E-state index is -0.0237. The fourth-order valence-electron chi connectivity index (χ4n) is 2.70. The van der Waals surface area contributed by atoms with Crippen LogP contribution in [0.2, 0.25) is 0 Å². The fourth-order valence-corrected chi connectivity index (χ4v) is 2.70. The van der Waals surface area contributed by atoms with E-state index in [1.165, 1.54) is 0 Å². The molecule has 1 saturated heterocycles. The van der Waals surface area contributed by atoms with Crippen LogP contribution < -0.4 is 36.1 Å². The van der Waals surface area contributed by atoms with E-state index in [2.05, 4.69) is 26.6 Å². The second-order valence-corrected chi connectivity index (χ2v) is 5.92. The number of benzene rings is 1. The Kier molecular flexibility index (Phi) is 8.23. The van der Waals surface area contributed by atoms with Gasteiger partial charge in [-0.25, -0.2) is 0 Å². The van der Waals surface area contributed by atoms with Crippen LogP contribution in [0, 0.1) is 0 Å². The van der Waals surface area contributed by atoms with Crippen molar-refractivity contribution in [1.29, 1.82) is 0 Å². The molecule has 1 aliphatic heterocycles. The highest BCUT2D eigenvalue weighted by molar-refractivity contribution is 5.55. The van der Waals surface area contributed by atoms with Crippen molar-refractivity contribution < 1.29 is 14.2 Å². The third-order valence-corrected chi connectivity index (χ3v) is 4.16. The molecule has 0 spiro atoms. The summed E-state index contributed by atoms with van der Waals surface area (Å²) in [6.07, 6.45) is 1.29. The Labute approximate surface area is 150 Å². The van der Waals surface area contributed by atoms with Gasteiger partial charge in [0.05, 0.1) is 13.3 Å². The van der Waals surface area contributed by atoms with Gasteiger partial charge in [-0.1, -0.05) is 0 Å². The van der Waals surface area contributed by atoms with Crippen molar-refractivity contribution in [3.8, 4) is 11.5 Å². The van der Waals surface area contributed by atoms with E-state index in [0.29, 0.717) is 18.1 Å². The Hall–Kier alpha value is -1.58. The second-order valence-electron chi connectivity index (χ2n) is 5.92. The second kappa shape index (κ2) is 10.4. The van der Waals surface area contributed by atoms with Gasteiger partial charge >= 0.3 is 0 Å². The van der Waals surface area contributed by atoms with Crippen LogP contribution in [0.4, 0.5) is 5.69 Å². The zero-order chi connectivity index (χ0) is 18.1. The quantitative estimate of drug-likeness (QED) is 0.406. The number of anilines is 1. The molecule has 0 aromatic heterocycles. The van der Waals surface area contributed by atoms with E-state index < -0.39 is 0 Å². The van der Waals surface area contributed by atoms with Crippen molar-refractivity contribution in [2.45, 2.75) is 25.0 Å². The third-order valence-electron chi connectivity index (χ3n) is 4.16. The van der Waals surface area contributed by atoms with E-state index in [0.717, 1.165) is 25.2 Å². The molecule has 1 heterocycles. The summed E-state index contributed by atoms with van der Waals surface area (Å²) in [5.74, 6) is 1.38. The highest BCUT2D eigenvalue weighted by Gasteiger charge is 2.19. The first-order chi connectivity index (χ1) is 12.2. The highest BCUT2D eigenvalue weighted by atomic mass is 16.5. The third kappa shape index (κ3) is 6.02. The van der Waals surface area contributed by atoms with Crippen molar-refractivity contribution in [2.24, 2.45) is 0 Å². The number of nitrogens with one attached hydrogen (secondary N) is 5. The highest BCUT2D eigenvalue weighted by Crippen LogP contribution is 2.30. The van der Waals surface area contributed by atoms with Crippen molar-refractivity contribution in [1.82, 2.24) is 21.3 Å². The van der Waals surface area contributed by atoms with Crippen LogP contribution in [0.1, 0.15) is 6.42 Å². The summed E-state index contributed by atoms with van der Waals surface area (Å²) in [6.45, 7) is 2.10. The largest absolute Gasteiger partial charge is 0.493 e. The number of rotatable bonds is 10. The average Bonchev–Trinajstić information content (AvgIpc) is 2.65. The van der Waals surface area contributed by atoms with Crippen LogP contribution >= 0.6 is 0 Å². The van der Waals surface area contributed by atoms with Gasteiger partial charge in [-0.2, -0.15) is 0 Å². The Balaban J connectivity index is 2.00. The van der Waals surface area contributed by atoms with Crippen molar-refractivity contribution in [3.05, 3.63) is 18.2 Å². The lowest BCUT2D eigenvalue weighted by molar-refractivity contribution is 0.0585. The maximum Gasteiger partial charge on any atom is 0.163 e. The first-order valence-electron chi connectivity index (χ1n) is 8.61. The van der Waals surface area contributed by atoms with Gasteiger partial charge in [-0.15, -0.1) is 0 Å². The van der Waals surface area contributed by atoms with Gasteiger partial charge in [0.1, 0.15) is 19.0 Å². The molecule has 0 bridgehead atoms. The monoisotopic (exact) mass is 353 g/mol. The van der Waals surface area contributed by atoms with Gasteiger partial charge in [0.15, 0.2) is 11.5 Å². The molecule has 3 atom stereocenters. The Morgan fingerprint density at radius 3 is 2.76 bits per heavy atom. The van der Waals surface area contributed by atoms with E-state index in [4.69, 9.17) is 14.2 Å². The molecule has 0 saturated carbocycles. The fraction of sp³-hybridized carbons (Fsp3) is 0.647. The van der Waals surface area contributed by atoms with Gasteiger partial charge in [-0.05, 0) is 32.6 Å². The van der Waals surface area contributed by atoms with Crippen LogP contribution in [0.3, 0.4) is 0 Å². The van der Waals surface area contributed by atoms with Gasteiger partial charge in [-0.3, -0.25) is 10.6 Å². The molecule has 2 rings (SSSR count). The van der Waals surface area contributed by atoms with Gasteiger partial charge in [0, 0.05) is 32.0 Å². The molecule has 2 unspecified atom stereocenters. The lowest BCUT2D eigenvalue weighted by atomic mass is 10.2. The maximum atomic E-state index is 5.92. The molecule has 0 amide bonds. The topological polar surface area (TPSA) is 87.8 Å². The molecule has 0 radical (unpaired) electrons. The first kappa shape index (κ1) is 19.7. The van der Waals surface area contributed by atoms with E-state index >= 15 is 0 Å². The zero-order valence-corrected chi connectivity index (χ0v) is 15.5. The molecule has 1 aliphatic rings. The molecule has 1 aromatic carbocycles. The summed E-state index contributed by atoms with van der Waals surface area (Å²) in [5.41, 5.74) is 0.945. The SMILES string of the molecule is CNC[C@H](COc1cc(NC2NCCC(NC)N2)ccc1OC)OC. The smallest absolute Gasteiger partial charge is 0.163 e. The number of ether oxygens (including phenoxy) is 3. The minimum Gasteiger partial charge on any atom is -0.493 e.